The summed E-state index contributed by atoms with van der Waals surface area (Å²) < 4.78 is 5.90. The van der Waals surface area contributed by atoms with Crippen molar-refractivity contribution in [2.45, 2.75) is 73.5 Å². The van der Waals surface area contributed by atoms with Gasteiger partial charge in [0.15, 0.2) is 0 Å². The molecule has 1 heterocycles. The van der Waals surface area contributed by atoms with Gasteiger partial charge in [0.2, 0.25) is 0 Å². The molecule has 0 atom stereocenters. The van der Waals surface area contributed by atoms with Gasteiger partial charge in [-0.15, -0.1) is 0 Å². The summed E-state index contributed by atoms with van der Waals surface area (Å²) in [6.07, 6.45) is -0.188. The Balaban J connectivity index is 3.25. The Hall–Kier alpha value is -0.730. The van der Waals surface area contributed by atoms with Crippen molar-refractivity contribution in [3.05, 3.63) is 0 Å². The van der Waals surface area contributed by atoms with Gasteiger partial charge in [0.25, 0.3) is 0 Å². The molecule has 3 heteroatoms. The lowest BCUT2D eigenvalue weighted by atomic mass is 9.62. The van der Waals surface area contributed by atoms with Gasteiger partial charge < -0.3 is 4.74 Å². The minimum Gasteiger partial charge on any atom is -0.440 e. The first kappa shape index (κ1) is 15.3. The Labute approximate surface area is 112 Å². The van der Waals surface area contributed by atoms with Crippen LogP contribution >= 0.6 is 0 Å². The molecule has 0 unspecified atom stereocenters. The lowest BCUT2D eigenvalue weighted by Gasteiger charge is -2.49. The Morgan fingerprint density at radius 2 is 1.33 bits per heavy atom. The van der Waals surface area contributed by atoms with Gasteiger partial charge in [0, 0.05) is 16.4 Å². The molecule has 1 fully saturated rings. The Morgan fingerprint density at radius 3 is 1.50 bits per heavy atom. The van der Waals surface area contributed by atoms with E-state index in [1.54, 1.807) is 0 Å². The molecule has 0 bridgehead atoms. The third-order valence-corrected chi connectivity index (χ3v) is 4.10. The molecule has 1 rings (SSSR count). The van der Waals surface area contributed by atoms with Crippen molar-refractivity contribution in [2.75, 3.05) is 6.54 Å². The van der Waals surface area contributed by atoms with Crippen LogP contribution in [0.5, 0.6) is 0 Å². The summed E-state index contributed by atoms with van der Waals surface area (Å²) in [5.41, 5.74) is -0.846. The molecule has 0 N–H and O–H groups in total. The van der Waals surface area contributed by atoms with Crippen LogP contribution in [0.1, 0.15) is 62.3 Å². The fourth-order valence-corrected chi connectivity index (χ4v) is 2.94. The second-order valence-electron chi connectivity index (χ2n) is 8.45. The maximum atomic E-state index is 12.2. The number of carbonyl (C=O) groups is 1. The van der Waals surface area contributed by atoms with E-state index in [1.165, 1.54) is 0 Å². The predicted molar refractivity (Wildman–Crippen MR) is 74.6 cm³/mol. The van der Waals surface area contributed by atoms with Crippen LogP contribution in [0, 0.1) is 10.8 Å². The second-order valence-corrected chi connectivity index (χ2v) is 8.45. The van der Waals surface area contributed by atoms with Crippen LogP contribution in [0.15, 0.2) is 0 Å². The first-order chi connectivity index (χ1) is 7.72. The largest absolute Gasteiger partial charge is 0.440 e. The highest BCUT2D eigenvalue weighted by Gasteiger charge is 2.60. The highest BCUT2D eigenvalue weighted by Crippen LogP contribution is 2.51. The SMILES string of the molecule is CC(C)(C)N1CC(C(C)(C)C)(C(C)(C)C)OC1=O. The van der Waals surface area contributed by atoms with Gasteiger partial charge in [-0.2, -0.15) is 0 Å². The van der Waals surface area contributed by atoms with Crippen molar-refractivity contribution in [2.24, 2.45) is 10.8 Å². The molecule has 0 aromatic rings. The van der Waals surface area contributed by atoms with E-state index in [-0.39, 0.29) is 22.5 Å². The molecule has 0 aliphatic carbocycles. The molecule has 18 heavy (non-hydrogen) atoms. The molecule has 1 aliphatic heterocycles. The van der Waals surface area contributed by atoms with E-state index in [0.717, 1.165) is 0 Å². The number of ether oxygens (including phenoxy) is 1. The standard InChI is InChI=1S/C15H29NO2/c1-12(2,3)15(13(4,5)6)10-16(11(17)18-15)14(7,8)9/h10H2,1-9H3. The van der Waals surface area contributed by atoms with E-state index in [0.29, 0.717) is 6.54 Å². The number of hydrogen-bond donors (Lipinski definition) is 0. The number of hydrogen-bond acceptors (Lipinski definition) is 2. The fraction of sp³-hybridized carbons (Fsp3) is 0.933. The van der Waals surface area contributed by atoms with Gasteiger partial charge in [-0.1, -0.05) is 41.5 Å². The molecule has 3 nitrogen and oxygen atoms in total. The second kappa shape index (κ2) is 3.88. The van der Waals surface area contributed by atoms with Crippen molar-refractivity contribution in [1.82, 2.24) is 4.90 Å². The fourth-order valence-electron chi connectivity index (χ4n) is 2.94. The molecule has 1 aliphatic rings. The van der Waals surface area contributed by atoms with E-state index < -0.39 is 5.60 Å². The highest BCUT2D eigenvalue weighted by atomic mass is 16.6. The quantitative estimate of drug-likeness (QED) is 0.653. The monoisotopic (exact) mass is 255 g/mol. The minimum absolute atomic E-state index is 0.0963. The average molecular weight is 255 g/mol. The number of amides is 1. The van der Waals surface area contributed by atoms with Crippen LogP contribution < -0.4 is 0 Å². The van der Waals surface area contributed by atoms with Gasteiger partial charge in [-0.25, -0.2) is 4.79 Å². The number of rotatable bonds is 0. The van der Waals surface area contributed by atoms with Gasteiger partial charge in [-0.05, 0) is 20.8 Å². The van der Waals surface area contributed by atoms with E-state index in [9.17, 15) is 4.79 Å². The predicted octanol–water partition coefficient (Wildman–Crippen LogP) is 4.07. The van der Waals surface area contributed by atoms with E-state index >= 15 is 0 Å². The molecule has 0 saturated carbocycles. The van der Waals surface area contributed by atoms with Crippen molar-refractivity contribution in [3.63, 3.8) is 0 Å². The molecule has 0 spiro atoms. The van der Waals surface area contributed by atoms with E-state index in [2.05, 4.69) is 62.3 Å². The van der Waals surface area contributed by atoms with Crippen molar-refractivity contribution in [1.29, 1.82) is 0 Å². The van der Waals surface area contributed by atoms with Crippen LogP contribution in [-0.2, 0) is 4.74 Å². The van der Waals surface area contributed by atoms with Crippen molar-refractivity contribution >= 4 is 6.09 Å². The zero-order chi connectivity index (χ0) is 14.6. The summed E-state index contributed by atoms with van der Waals surface area (Å²) in [4.78, 5) is 14.1. The minimum atomic E-state index is -0.454. The molecule has 106 valence electrons. The molecule has 0 aromatic carbocycles. The molecule has 0 radical (unpaired) electrons. The lowest BCUT2D eigenvalue weighted by molar-refractivity contribution is -0.110. The lowest BCUT2D eigenvalue weighted by Crippen LogP contribution is -2.57. The summed E-state index contributed by atoms with van der Waals surface area (Å²) in [6.45, 7) is 19.7. The topological polar surface area (TPSA) is 29.5 Å². The Bertz CT molecular complexity index is 325. The van der Waals surface area contributed by atoms with Crippen molar-refractivity contribution in [3.8, 4) is 0 Å². The highest BCUT2D eigenvalue weighted by molar-refractivity contribution is 5.72. The molecule has 1 amide bonds. The average Bonchev–Trinajstić information content (AvgIpc) is 2.40. The van der Waals surface area contributed by atoms with Gasteiger partial charge >= 0.3 is 6.09 Å². The number of nitrogens with zero attached hydrogens (tertiary/aromatic N) is 1. The maximum absolute atomic E-state index is 12.2. The van der Waals surface area contributed by atoms with Gasteiger partial charge in [0.05, 0.1) is 6.54 Å². The first-order valence-electron chi connectivity index (χ1n) is 6.73. The Kier molecular flexibility index (Phi) is 3.30. The summed E-state index contributed by atoms with van der Waals surface area (Å²) in [7, 11) is 0. The van der Waals surface area contributed by atoms with E-state index in [1.807, 2.05) is 4.90 Å². The van der Waals surface area contributed by atoms with Crippen LogP contribution in [0.2, 0.25) is 0 Å². The maximum Gasteiger partial charge on any atom is 0.410 e. The zero-order valence-electron chi connectivity index (χ0n) is 13.5. The molecular formula is C15H29NO2. The smallest absolute Gasteiger partial charge is 0.410 e. The van der Waals surface area contributed by atoms with Gasteiger partial charge in [0.1, 0.15) is 5.60 Å². The third-order valence-electron chi connectivity index (χ3n) is 4.10. The van der Waals surface area contributed by atoms with Crippen LogP contribution in [0.4, 0.5) is 4.79 Å². The molecular weight excluding hydrogens is 226 g/mol. The first-order valence-corrected chi connectivity index (χ1v) is 6.73. The summed E-state index contributed by atoms with van der Waals surface area (Å²) in [5, 5.41) is 0. The summed E-state index contributed by atoms with van der Waals surface area (Å²) in [5.74, 6) is 0. The molecule has 0 aromatic heterocycles. The summed E-state index contributed by atoms with van der Waals surface area (Å²) >= 11 is 0. The van der Waals surface area contributed by atoms with Crippen LogP contribution in [0.3, 0.4) is 0 Å². The van der Waals surface area contributed by atoms with E-state index in [4.69, 9.17) is 4.74 Å². The number of cyclic esters (lactones) is 1. The van der Waals surface area contributed by atoms with Gasteiger partial charge in [-0.3, -0.25) is 4.90 Å². The zero-order valence-corrected chi connectivity index (χ0v) is 13.5. The summed E-state index contributed by atoms with van der Waals surface area (Å²) in [6, 6.07) is 0. The Morgan fingerprint density at radius 1 is 0.944 bits per heavy atom. The number of carbonyl (C=O) groups excluding carboxylic acids is 1. The van der Waals surface area contributed by atoms with Crippen LogP contribution in [-0.4, -0.2) is 28.7 Å². The normalized spacial score (nSPS) is 21.2. The van der Waals surface area contributed by atoms with Crippen molar-refractivity contribution < 1.29 is 9.53 Å². The molecule has 1 saturated heterocycles. The third kappa shape index (κ3) is 2.24. The van der Waals surface area contributed by atoms with Crippen LogP contribution in [0.25, 0.3) is 0 Å².